The number of benzene rings is 1. The monoisotopic (exact) mass is 454 g/mol. The van der Waals surface area contributed by atoms with Crippen LogP contribution in [0, 0.1) is 6.92 Å². The number of aryl methyl sites for hydroxylation is 1. The normalized spacial score (nSPS) is 11.5. The van der Waals surface area contributed by atoms with Gasteiger partial charge >= 0.3 is 0 Å². The molecule has 5 nitrogen and oxygen atoms in total. The van der Waals surface area contributed by atoms with Gasteiger partial charge in [0.05, 0.1) is 14.6 Å². The summed E-state index contributed by atoms with van der Waals surface area (Å²) >= 11 is 2.66. The molecule has 7 heteroatoms. The van der Waals surface area contributed by atoms with E-state index in [0.29, 0.717) is 34.1 Å². The molecule has 2 aromatic heterocycles. The molecule has 0 unspecified atom stereocenters. The molecule has 0 spiro atoms. The van der Waals surface area contributed by atoms with E-state index in [1.165, 1.54) is 22.7 Å². The number of aliphatic imine (C=N–C) groups is 1. The molecular formula is C24H26N2O3S2. The summed E-state index contributed by atoms with van der Waals surface area (Å²) in [6.45, 7) is 8.92. The van der Waals surface area contributed by atoms with Crippen molar-refractivity contribution in [3.63, 3.8) is 0 Å². The first-order valence-electron chi connectivity index (χ1n) is 10.2. The largest absolute Gasteiger partial charge is 0.506 e. The van der Waals surface area contributed by atoms with Crippen LogP contribution in [0.3, 0.4) is 0 Å². The first-order chi connectivity index (χ1) is 14.8. The van der Waals surface area contributed by atoms with Gasteiger partial charge in [0.1, 0.15) is 12.3 Å². The lowest BCUT2D eigenvalue weighted by Gasteiger charge is -2.17. The van der Waals surface area contributed by atoms with Crippen LogP contribution < -0.4 is 0 Å². The summed E-state index contributed by atoms with van der Waals surface area (Å²) in [5.41, 5.74) is 3.35. The zero-order chi connectivity index (χ0) is 22.5. The molecule has 0 aliphatic heterocycles. The summed E-state index contributed by atoms with van der Waals surface area (Å²) in [4.78, 5) is 33.0. The zero-order valence-corrected chi connectivity index (χ0v) is 19.8. The molecule has 1 amide bonds. The molecular weight excluding hydrogens is 428 g/mol. The molecule has 0 saturated carbocycles. The Morgan fingerprint density at radius 2 is 1.68 bits per heavy atom. The Bertz CT molecular complexity index is 1110. The van der Waals surface area contributed by atoms with Gasteiger partial charge in [-0.2, -0.15) is 0 Å². The average Bonchev–Trinajstić information content (AvgIpc) is 3.40. The minimum atomic E-state index is -0.142. The second-order valence-electron chi connectivity index (χ2n) is 7.16. The maximum atomic E-state index is 12.6. The van der Waals surface area contributed by atoms with Crippen LogP contribution in [-0.4, -0.2) is 47.0 Å². The van der Waals surface area contributed by atoms with E-state index in [0.717, 1.165) is 16.0 Å². The smallest absolute Gasteiger partial charge is 0.263 e. The number of rotatable bonds is 8. The molecule has 3 aromatic rings. The first kappa shape index (κ1) is 22.9. The van der Waals surface area contributed by atoms with Crippen molar-refractivity contribution in [2.24, 2.45) is 4.99 Å². The minimum Gasteiger partial charge on any atom is -0.506 e. The molecule has 0 fully saturated rings. The maximum absolute atomic E-state index is 12.6. The van der Waals surface area contributed by atoms with E-state index in [1.54, 1.807) is 24.0 Å². The van der Waals surface area contributed by atoms with Crippen molar-refractivity contribution < 1.29 is 14.7 Å². The Morgan fingerprint density at radius 1 is 1.03 bits per heavy atom. The summed E-state index contributed by atoms with van der Waals surface area (Å²) in [5.74, 6) is -0.0113. The number of ketones is 1. The van der Waals surface area contributed by atoms with E-state index in [-0.39, 0.29) is 24.0 Å². The number of nitrogens with zero attached hydrogens (tertiary/aromatic N) is 2. The first-order valence-corrected chi connectivity index (χ1v) is 11.9. The lowest BCUT2D eigenvalue weighted by molar-refractivity contribution is 0.0777. The van der Waals surface area contributed by atoms with Crippen LogP contribution in [0.25, 0.3) is 10.4 Å². The standard InChI is InChI=1S/C24H26N2O3S2/c1-5-26(6-2)24(29)21-12-11-20(31-21)19(27)13-25-16(4)18-14-30-23(22(18)28)17-9-7-15(3)8-10-17/h7-12,14,28H,5-6,13H2,1-4H3. The van der Waals surface area contributed by atoms with Gasteiger partial charge in [0.25, 0.3) is 5.91 Å². The Balaban J connectivity index is 1.72. The third-order valence-corrected chi connectivity index (χ3v) is 7.20. The van der Waals surface area contributed by atoms with Crippen LogP contribution in [0.4, 0.5) is 0 Å². The van der Waals surface area contributed by atoms with E-state index in [2.05, 4.69) is 4.99 Å². The Kier molecular flexibility index (Phi) is 7.41. The summed E-state index contributed by atoms with van der Waals surface area (Å²) in [6, 6.07) is 11.4. The van der Waals surface area contributed by atoms with Gasteiger partial charge < -0.3 is 10.0 Å². The second-order valence-corrected chi connectivity index (χ2v) is 9.12. The quantitative estimate of drug-likeness (QED) is 0.352. The fourth-order valence-electron chi connectivity index (χ4n) is 3.14. The molecule has 3 rings (SSSR count). The highest BCUT2D eigenvalue weighted by Crippen LogP contribution is 2.38. The number of hydrogen-bond acceptors (Lipinski definition) is 6. The molecule has 2 heterocycles. The molecule has 1 N–H and O–H groups in total. The zero-order valence-electron chi connectivity index (χ0n) is 18.1. The van der Waals surface area contributed by atoms with Crippen molar-refractivity contribution >= 4 is 40.1 Å². The number of Topliss-reactive ketones (excluding diaryl/α,β-unsaturated/α-hetero) is 1. The van der Waals surface area contributed by atoms with Crippen LogP contribution in [0.15, 0.2) is 46.8 Å². The number of amides is 1. The Labute approximate surface area is 190 Å². The summed E-state index contributed by atoms with van der Waals surface area (Å²) in [5, 5.41) is 12.5. The second kappa shape index (κ2) is 10.0. The lowest BCUT2D eigenvalue weighted by Crippen LogP contribution is -2.29. The predicted molar refractivity (Wildman–Crippen MR) is 129 cm³/mol. The fourth-order valence-corrected chi connectivity index (χ4v) is 5.06. The summed E-state index contributed by atoms with van der Waals surface area (Å²) < 4.78 is 0. The van der Waals surface area contributed by atoms with Crippen molar-refractivity contribution in [1.29, 1.82) is 0 Å². The van der Waals surface area contributed by atoms with E-state index >= 15 is 0 Å². The molecule has 162 valence electrons. The van der Waals surface area contributed by atoms with Gasteiger partial charge in [-0.3, -0.25) is 14.6 Å². The van der Waals surface area contributed by atoms with Crippen molar-refractivity contribution in [3.8, 4) is 16.2 Å². The highest BCUT2D eigenvalue weighted by atomic mass is 32.1. The van der Waals surface area contributed by atoms with Crippen molar-refractivity contribution in [2.45, 2.75) is 27.7 Å². The summed E-state index contributed by atoms with van der Waals surface area (Å²) in [6.07, 6.45) is 0. The van der Waals surface area contributed by atoms with Crippen molar-refractivity contribution in [3.05, 3.63) is 62.7 Å². The van der Waals surface area contributed by atoms with Crippen LogP contribution in [0.5, 0.6) is 5.75 Å². The number of thiophene rings is 2. The van der Waals surface area contributed by atoms with E-state index < -0.39 is 0 Å². The van der Waals surface area contributed by atoms with Gasteiger partial charge in [0.15, 0.2) is 5.78 Å². The predicted octanol–water partition coefficient (Wildman–Crippen LogP) is 5.66. The highest BCUT2D eigenvalue weighted by Gasteiger charge is 2.18. The van der Waals surface area contributed by atoms with Gasteiger partial charge in [-0.05, 0) is 45.4 Å². The van der Waals surface area contributed by atoms with E-state index in [9.17, 15) is 14.7 Å². The number of carbonyl (C=O) groups is 2. The van der Waals surface area contributed by atoms with Crippen LogP contribution in [-0.2, 0) is 0 Å². The molecule has 0 radical (unpaired) electrons. The highest BCUT2D eigenvalue weighted by molar-refractivity contribution is 7.16. The van der Waals surface area contributed by atoms with Gasteiger partial charge in [0.2, 0.25) is 0 Å². The molecule has 0 aliphatic carbocycles. The third-order valence-electron chi connectivity index (χ3n) is 5.07. The third kappa shape index (κ3) is 5.11. The van der Waals surface area contributed by atoms with Crippen molar-refractivity contribution in [1.82, 2.24) is 4.90 Å². The number of carbonyl (C=O) groups excluding carboxylic acids is 2. The summed E-state index contributed by atoms with van der Waals surface area (Å²) in [7, 11) is 0. The van der Waals surface area contributed by atoms with Gasteiger partial charge in [-0.1, -0.05) is 29.8 Å². The molecule has 1 aromatic carbocycles. The maximum Gasteiger partial charge on any atom is 0.263 e. The van der Waals surface area contributed by atoms with Crippen LogP contribution in [0.1, 0.15) is 51.2 Å². The molecule has 0 aliphatic rings. The van der Waals surface area contributed by atoms with E-state index in [4.69, 9.17) is 0 Å². The lowest BCUT2D eigenvalue weighted by atomic mass is 10.1. The topological polar surface area (TPSA) is 70.0 Å². The minimum absolute atomic E-state index is 0.0274. The average molecular weight is 455 g/mol. The molecule has 0 atom stereocenters. The van der Waals surface area contributed by atoms with Crippen LogP contribution >= 0.6 is 22.7 Å². The number of hydrogen-bond donors (Lipinski definition) is 1. The van der Waals surface area contributed by atoms with E-state index in [1.807, 2.05) is 50.4 Å². The molecule has 31 heavy (non-hydrogen) atoms. The van der Waals surface area contributed by atoms with Crippen LogP contribution in [0.2, 0.25) is 0 Å². The van der Waals surface area contributed by atoms with Gasteiger partial charge in [-0.15, -0.1) is 22.7 Å². The number of aromatic hydroxyl groups is 1. The molecule has 0 saturated heterocycles. The van der Waals surface area contributed by atoms with Gasteiger partial charge in [-0.25, -0.2) is 0 Å². The molecule has 0 bridgehead atoms. The van der Waals surface area contributed by atoms with Crippen molar-refractivity contribution in [2.75, 3.05) is 19.6 Å². The fraction of sp³-hybridized carbons (Fsp3) is 0.292. The van der Waals surface area contributed by atoms with Gasteiger partial charge in [0, 0.05) is 29.7 Å². The Hall–Kier alpha value is -2.77. The Morgan fingerprint density at radius 3 is 2.32 bits per heavy atom. The SMILES string of the molecule is CCN(CC)C(=O)c1ccc(C(=O)CN=C(C)c2csc(-c3ccc(C)cc3)c2O)s1.